The Morgan fingerprint density at radius 2 is 1.79 bits per heavy atom. The Morgan fingerprint density at radius 3 is 2.43 bits per heavy atom. The van der Waals surface area contributed by atoms with Gasteiger partial charge in [-0.3, -0.25) is 4.68 Å². The molecule has 0 bridgehead atoms. The summed E-state index contributed by atoms with van der Waals surface area (Å²) in [5.41, 5.74) is 4.24. The number of benzene rings is 2. The molecule has 1 aromatic heterocycles. The van der Waals surface area contributed by atoms with E-state index in [0.29, 0.717) is 24.3 Å². The zero-order valence-electron chi connectivity index (χ0n) is 16.3. The first kappa shape index (κ1) is 20.3. The number of hydrogen-bond donors (Lipinski definition) is 0. The minimum Gasteiger partial charge on any atom is -0.462 e. The first-order valence-corrected chi connectivity index (χ1v) is 10.5. The molecule has 0 fully saturated rings. The van der Waals surface area contributed by atoms with E-state index in [9.17, 15) is 4.79 Å². The van der Waals surface area contributed by atoms with Crippen LogP contribution in [-0.4, -0.2) is 22.4 Å². The van der Waals surface area contributed by atoms with Crippen molar-refractivity contribution in [1.29, 1.82) is 0 Å². The number of aromatic nitrogens is 2. The van der Waals surface area contributed by atoms with E-state index in [4.69, 9.17) is 9.84 Å². The molecule has 0 radical (unpaired) electrons. The van der Waals surface area contributed by atoms with E-state index in [1.54, 1.807) is 0 Å². The Labute approximate surface area is 174 Å². The first-order valence-electron chi connectivity index (χ1n) is 9.70. The lowest BCUT2D eigenvalue weighted by Gasteiger charge is -2.10. The number of carbonyl (C=O) groups excluding carboxylic acids is 1. The van der Waals surface area contributed by atoms with Crippen LogP contribution in [0.1, 0.15) is 48.3 Å². The minimum absolute atomic E-state index is 0.309. The average molecular weight is 441 g/mol. The summed E-state index contributed by atoms with van der Waals surface area (Å²) in [4.78, 5) is 12.9. The maximum atomic E-state index is 12.9. The highest BCUT2D eigenvalue weighted by molar-refractivity contribution is 9.10. The van der Waals surface area contributed by atoms with Gasteiger partial charge in [0.2, 0.25) is 0 Å². The van der Waals surface area contributed by atoms with E-state index in [1.165, 1.54) is 0 Å². The third-order valence-corrected chi connectivity index (χ3v) is 5.12. The van der Waals surface area contributed by atoms with Gasteiger partial charge in [0.15, 0.2) is 0 Å². The molecule has 3 aromatic rings. The van der Waals surface area contributed by atoms with Crippen LogP contribution in [0, 0.1) is 0 Å². The fourth-order valence-corrected chi connectivity index (χ4v) is 3.45. The number of esters is 1. The molecular weight excluding hydrogens is 416 g/mol. The number of carbonyl (C=O) groups is 1. The topological polar surface area (TPSA) is 44.1 Å². The lowest BCUT2D eigenvalue weighted by Crippen LogP contribution is -2.12. The van der Waals surface area contributed by atoms with E-state index in [2.05, 4.69) is 35.0 Å². The molecule has 0 N–H and O–H groups in total. The summed E-state index contributed by atoms with van der Waals surface area (Å²) >= 11 is 3.48. The normalized spacial score (nSPS) is 10.8. The molecule has 0 amide bonds. The number of halogens is 1. The summed E-state index contributed by atoms with van der Waals surface area (Å²) < 4.78 is 8.43. The number of ether oxygens (including phenoxy) is 1. The molecule has 4 nitrogen and oxygen atoms in total. The van der Waals surface area contributed by atoms with Gasteiger partial charge in [-0.1, -0.05) is 71.7 Å². The summed E-state index contributed by atoms with van der Waals surface area (Å²) in [7, 11) is 0. The summed E-state index contributed by atoms with van der Waals surface area (Å²) in [5, 5.41) is 4.84. The zero-order chi connectivity index (χ0) is 19.9. The van der Waals surface area contributed by atoms with Crippen molar-refractivity contribution in [3.05, 3.63) is 75.9 Å². The monoisotopic (exact) mass is 440 g/mol. The molecule has 1 heterocycles. The number of aryl methyl sites for hydroxylation is 1. The second kappa shape index (κ2) is 9.69. The minimum atomic E-state index is -0.309. The Bertz CT molecular complexity index is 918. The van der Waals surface area contributed by atoms with Crippen LogP contribution in [-0.2, 0) is 17.7 Å². The van der Waals surface area contributed by atoms with Crippen molar-refractivity contribution < 1.29 is 9.53 Å². The van der Waals surface area contributed by atoms with Gasteiger partial charge in [-0.25, -0.2) is 4.79 Å². The highest BCUT2D eigenvalue weighted by Crippen LogP contribution is 2.29. The van der Waals surface area contributed by atoms with Gasteiger partial charge in [0, 0.05) is 23.0 Å². The molecule has 0 aliphatic heterocycles. The number of hydrogen-bond acceptors (Lipinski definition) is 3. The molecule has 28 heavy (non-hydrogen) atoms. The van der Waals surface area contributed by atoms with Crippen LogP contribution in [0.2, 0.25) is 0 Å². The van der Waals surface area contributed by atoms with E-state index in [1.807, 2.05) is 54.1 Å². The van der Waals surface area contributed by atoms with Gasteiger partial charge in [-0.15, -0.1) is 0 Å². The van der Waals surface area contributed by atoms with Crippen molar-refractivity contribution in [2.45, 2.75) is 39.7 Å². The van der Waals surface area contributed by atoms with E-state index < -0.39 is 0 Å². The molecule has 3 rings (SSSR count). The standard InChI is InChI=1S/C23H25BrN2O2/c1-3-5-15-26-20(16-17-11-13-19(24)14-12-17)21(23(27)28-4-2)22(25-26)18-9-7-6-8-10-18/h6-14H,3-5,15-16H2,1-2H3. The second-order valence-corrected chi connectivity index (χ2v) is 7.55. The summed E-state index contributed by atoms with van der Waals surface area (Å²) in [6, 6.07) is 18.0. The smallest absolute Gasteiger partial charge is 0.342 e. The van der Waals surface area contributed by atoms with E-state index in [0.717, 1.165) is 40.7 Å². The average Bonchev–Trinajstić information content (AvgIpc) is 3.07. The van der Waals surface area contributed by atoms with Crippen molar-refractivity contribution in [2.24, 2.45) is 0 Å². The predicted octanol–water partition coefficient (Wildman–Crippen LogP) is 5.88. The van der Waals surface area contributed by atoms with E-state index >= 15 is 0 Å². The predicted molar refractivity (Wildman–Crippen MR) is 115 cm³/mol. The molecule has 0 saturated heterocycles. The number of rotatable bonds is 8. The number of nitrogens with zero attached hydrogens (tertiary/aromatic N) is 2. The molecule has 5 heteroatoms. The van der Waals surface area contributed by atoms with Crippen LogP contribution in [0.25, 0.3) is 11.3 Å². The van der Waals surface area contributed by atoms with Crippen molar-refractivity contribution in [3.8, 4) is 11.3 Å². The van der Waals surface area contributed by atoms with Crippen molar-refractivity contribution in [2.75, 3.05) is 6.61 Å². The van der Waals surface area contributed by atoms with Gasteiger partial charge in [0.1, 0.15) is 11.3 Å². The largest absolute Gasteiger partial charge is 0.462 e. The summed E-state index contributed by atoms with van der Waals surface area (Å²) in [6.45, 7) is 5.10. The molecule has 0 saturated carbocycles. The van der Waals surface area contributed by atoms with Gasteiger partial charge in [0.25, 0.3) is 0 Å². The van der Waals surface area contributed by atoms with Gasteiger partial charge in [-0.2, -0.15) is 5.10 Å². The zero-order valence-corrected chi connectivity index (χ0v) is 17.9. The van der Waals surface area contributed by atoms with Crippen LogP contribution in [0.4, 0.5) is 0 Å². The van der Waals surface area contributed by atoms with Gasteiger partial charge < -0.3 is 4.74 Å². The van der Waals surface area contributed by atoms with Crippen molar-refractivity contribution >= 4 is 21.9 Å². The Morgan fingerprint density at radius 1 is 1.07 bits per heavy atom. The second-order valence-electron chi connectivity index (χ2n) is 6.64. The Kier molecular flexibility index (Phi) is 7.04. The van der Waals surface area contributed by atoms with Crippen LogP contribution in [0.3, 0.4) is 0 Å². The van der Waals surface area contributed by atoms with Crippen LogP contribution in [0.15, 0.2) is 59.1 Å². The summed E-state index contributed by atoms with van der Waals surface area (Å²) in [5.74, 6) is -0.309. The molecule has 0 spiro atoms. The van der Waals surface area contributed by atoms with Gasteiger partial charge in [-0.05, 0) is 31.0 Å². The van der Waals surface area contributed by atoms with Crippen LogP contribution in [0.5, 0.6) is 0 Å². The van der Waals surface area contributed by atoms with Crippen LogP contribution >= 0.6 is 15.9 Å². The maximum Gasteiger partial charge on any atom is 0.342 e. The lowest BCUT2D eigenvalue weighted by atomic mass is 10.0. The fraction of sp³-hybridized carbons (Fsp3) is 0.304. The van der Waals surface area contributed by atoms with Gasteiger partial charge >= 0.3 is 5.97 Å². The quantitative estimate of drug-likeness (QED) is 0.410. The third-order valence-electron chi connectivity index (χ3n) is 4.59. The van der Waals surface area contributed by atoms with Gasteiger partial charge in [0.05, 0.1) is 12.3 Å². The Hall–Kier alpha value is -2.40. The molecule has 0 atom stereocenters. The molecule has 146 valence electrons. The molecule has 0 unspecified atom stereocenters. The molecule has 2 aromatic carbocycles. The highest BCUT2D eigenvalue weighted by Gasteiger charge is 2.25. The van der Waals surface area contributed by atoms with Crippen LogP contribution < -0.4 is 0 Å². The third kappa shape index (κ3) is 4.71. The Balaban J connectivity index is 2.13. The van der Waals surface area contributed by atoms with Crippen molar-refractivity contribution in [3.63, 3.8) is 0 Å². The van der Waals surface area contributed by atoms with E-state index in [-0.39, 0.29) is 5.97 Å². The molecule has 0 aliphatic carbocycles. The maximum absolute atomic E-state index is 12.9. The molecule has 0 aliphatic rings. The fourth-order valence-electron chi connectivity index (χ4n) is 3.18. The SMILES string of the molecule is CCCCn1nc(-c2ccccc2)c(C(=O)OCC)c1Cc1ccc(Br)cc1. The highest BCUT2D eigenvalue weighted by atomic mass is 79.9. The number of unbranched alkanes of at least 4 members (excludes halogenated alkanes) is 1. The summed E-state index contributed by atoms with van der Waals surface area (Å²) in [6.07, 6.45) is 2.70. The van der Waals surface area contributed by atoms with Crippen molar-refractivity contribution in [1.82, 2.24) is 9.78 Å². The first-order chi connectivity index (χ1) is 13.6. The molecular formula is C23H25BrN2O2. The lowest BCUT2D eigenvalue weighted by molar-refractivity contribution is 0.0526.